The summed E-state index contributed by atoms with van der Waals surface area (Å²) in [5.41, 5.74) is 0. The molecule has 2 rings (SSSR count). The molecular weight excluding hydrogens is 447 g/mol. The largest absolute Gasteiger partial charge is 0.382 e. The van der Waals surface area contributed by atoms with Crippen molar-refractivity contribution in [1.29, 1.82) is 0 Å². The number of rotatable bonds is 10. The van der Waals surface area contributed by atoms with Crippen molar-refractivity contribution in [3.63, 3.8) is 0 Å². The maximum atomic E-state index is 5.36. The number of aliphatic imine (C=N–C) groups is 1. The third-order valence-corrected chi connectivity index (χ3v) is 4.03. The highest BCUT2D eigenvalue weighted by molar-refractivity contribution is 14.0. The number of halogens is 1. The molecule has 150 valence electrons. The number of aromatic nitrogens is 3. The molecule has 1 aromatic rings. The number of guanidine groups is 1. The van der Waals surface area contributed by atoms with Gasteiger partial charge in [0, 0.05) is 45.9 Å². The lowest BCUT2D eigenvalue weighted by Crippen LogP contribution is -2.47. The summed E-state index contributed by atoms with van der Waals surface area (Å²) >= 11 is 0. The zero-order valence-electron chi connectivity index (χ0n) is 16.2. The average Bonchev–Trinajstić information content (AvgIpc) is 3.00. The van der Waals surface area contributed by atoms with Gasteiger partial charge in [-0.2, -0.15) is 5.10 Å². The van der Waals surface area contributed by atoms with Gasteiger partial charge in [0.05, 0.1) is 6.54 Å². The Hall–Kier alpha value is -0.940. The van der Waals surface area contributed by atoms with Gasteiger partial charge in [-0.1, -0.05) is 0 Å². The predicted octanol–water partition coefficient (Wildman–Crippen LogP) is 1.73. The Balaban J connectivity index is 0.00000338. The third-order valence-electron chi connectivity index (χ3n) is 4.03. The number of fused-ring (bicyclic) bond motifs is 1. The van der Waals surface area contributed by atoms with E-state index in [2.05, 4.69) is 32.6 Å². The maximum Gasteiger partial charge on any atom is 0.191 e. The molecule has 2 N–H and O–H groups in total. The maximum absolute atomic E-state index is 5.36. The van der Waals surface area contributed by atoms with Crippen LogP contribution in [0.4, 0.5) is 0 Å². The second-order valence-corrected chi connectivity index (χ2v) is 6.10. The Labute approximate surface area is 173 Å². The number of unbranched alkanes of at least 4 members (excludes halogenated alkanes) is 1. The number of nitrogens with one attached hydrogen (secondary N) is 2. The van der Waals surface area contributed by atoms with E-state index in [1.165, 1.54) is 0 Å². The first-order valence-electron chi connectivity index (χ1n) is 9.30. The standard InChI is InChI=1S/C17H32N6O2.HI/c1-4-18-17(19-10-6-7-11-25-5-2)20-14-8-9-16-21-15(13-24-3)22-23(16)12-14;/h14H,4-13H2,1-3H3,(H2,18,19,20);1H. The molecule has 0 spiro atoms. The molecule has 8 nitrogen and oxygen atoms in total. The quantitative estimate of drug-likeness (QED) is 0.230. The molecule has 0 saturated carbocycles. The highest BCUT2D eigenvalue weighted by atomic mass is 127. The summed E-state index contributed by atoms with van der Waals surface area (Å²) in [4.78, 5) is 9.19. The molecule has 0 saturated heterocycles. The molecule has 1 unspecified atom stereocenters. The van der Waals surface area contributed by atoms with Crippen LogP contribution >= 0.6 is 24.0 Å². The monoisotopic (exact) mass is 480 g/mol. The van der Waals surface area contributed by atoms with Gasteiger partial charge in [-0.25, -0.2) is 9.67 Å². The van der Waals surface area contributed by atoms with Crippen LogP contribution in [-0.4, -0.2) is 60.2 Å². The predicted molar refractivity (Wildman–Crippen MR) is 113 cm³/mol. The summed E-state index contributed by atoms with van der Waals surface area (Å²) in [6, 6.07) is 0.311. The minimum atomic E-state index is 0. The topological polar surface area (TPSA) is 85.6 Å². The van der Waals surface area contributed by atoms with Gasteiger partial charge in [0.25, 0.3) is 0 Å². The number of ether oxygens (including phenoxy) is 2. The first-order chi connectivity index (χ1) is 12.3. The van der Waals surface area contributed by atoms with Crippen molar-refractivity contribution in [3.05, 3.63) is 11.6 Å². The highest BCUT2D eigenvalue weighted by Gasteiger charge is 2.22. The Kier molecular flexibility index (Phi) is 11.8. The molecule has 0 fully saturated rings. The smallest absolute Gasteiger partial charge is 0.191 e. The summed E-state index contributed by atoms with van der Waals surface area (Å²) in [5, 5.41) is 11.4. The third kappa shape index (κ3) is 7.75. The van der Waals surface area contributed by atoms with Crippen molar-refractivity contribution in [2.24, 2.45) is 4.99 Å². The normalized spacial score (nSPS) is 16.7. The fourth-order valence-electron chi connectivity index (χ4n) is 2.83. The molecule has 2 heterocycles. The van der Waals surface area contributed by atoms with Crippen molar-refractivity contribution in [1.82, 2.24) is 25.4 Å². The van der Waals surface area contributed by atoms with E-state index < -0.39 is 0 Å². The highest BCUT2D eigenvalue weighted by Crippen LogP contribution is 2.13. The van der Waals surface area contributed by atoms with E-state index in [1.807, 2.05) is 11.6 Å². The summed E-state index contributed by atoms with van der Waals surface area (Å²) in [7, 11) is 1.66. The number of aryl methyl sites for hydroxylation is 1. The van der Waals surface area contributed by atoms with Gasteiger partial charge in [0.2, 0.25) is 0 Å². The summed E-state index contributed by atoms with van der Waals surface area (Å²) in [6.07, 6.45) is 4.03. The number of methoxy groups -OCH3 is 1. The molecule has 9 heteroatoms. The van der Waals surface area contributed by atoms with Crippen LogP contribution in [0.2, 0.25) is 0 Å². The van der Waals surface area contributed by atoms with E-state index >= 15 is 0 Å². The summed E-state index contributed by atoms with van der Waals surface area (Å²) in [5.74, 6) is 2.68. The fourth-order valence-corrected chi connectivity index (χ4v) is 2.83. The van der Waals surface area contributed by atoms with Crippen LogP contribution in [-0.2, 0) is 29.0 Å². The molecule has 1 atom stereocenters. The van der Waals surface area contributed by atoms with Crippen LogP contribution < -0.4 is 10.6 Å². The zero-order chi connectivity index (χ0) is 17.9. The Morgan fingerprint density at radius 3 is 2.92 bits per heavy atom. The molecule has 1 aliphatic rings. The molecule has 0 amide bonds. The second kappa shape index (κ2) is 13.3. The lowest BCUT2D eigenvalue weighted by Gasteiger charge is -2.25. The van der Waals surface area contributed by atoms with Crippen molar-refractivity contribution in [3.8, 4) is 0 Å². The fraction of sp³-hybridized carbons (Fsp3) is 0.824. The van der Waals surface area contributed by atoms with Crippen LogP contribution in [0.15, 0.2) is 4.99 Å². The van der Waals surface area contributed by atoms with E-state index in [1.54, 1.807) is 7.11 Å². The Morgan fingerprint density at radius 1 is 1.35 bits per heavy atom. The van der Waals surface area contributed by atoms with E-state index in [0.29, 0.717) is 12.6 Å². The first kappa shape index (κ1) is 23.1. The lowest BCUT2D eigenvalue weighted by molar-refractivity contribution is 0.144. The molecule has 0 bridgehead atoms. The number of hydrogen-bond donors (Lipinski definition) is 2. The second-order valence-electron chi connectivity index (χ2n) is 6.10. The lowest BCUT2D eigenvalue weighted by atomic mass is 10.1. The average molecular weight is 480 g/mol. The van der Waals surface area contributed by atoms with Crippen LogP contribution in [0.1, 0.15) is 44.8 Å². The first-order valence-corrected chi connectivity index (χ1v) is 9.30. The molecule has 1 aliphatic heterocycles. The van der Waals surface area contributed by atoms with Gasteiger partial charge in [0.1, 0.15) is 12.4 Å². The molecule has 26 heavy (non-hydrogen) atoms. The van der Waals surface area contributed by atoms with E-state index in [-0.39, 0.29) is 24.0 Å². The van der Waals surface area contributed by atoms with Crippen LogP contribution in [0.5, 0.6) is 0 Å². The minimum absolute atomic E-state index is 0. The number of nitrogens with zero attached hydrogens (tertiary/aromatic N) is 4. The van der Waals surface area contributed by atoms with Gasteiger partial charge in [0.15, 0.2) is 11.8 Å². The van der Waals surface area contributed by atoms with Gasteiger partial charge in [-0.15, -0.1) is 24.0 Å². The molecule has 1 aromatic heterocycles. The van der Waals surface area contributed by atoms with Gasteiger partial charge in [-0.3, -0.25) is 4.99 Å². The molecule has 0 aromatic carbocycles. The summed E-state index contributed by atoms with van der Waals surface area (Å²) in [6.45, 7) is 8.63. The van der Waals surface area contributed by atoms with Crippen LogP contribution in [0.25, 0.3) is 0 Å². The number of hydrogen-bond acceptors (Lipinski definition) is 5. The van der Waals surface area contributed by atoms with Crippen molar-refractivity contribution in [2.45, 2.75) is 58.7 Å². The van der Waals surface area contributed by atoms with Crippen LogP contribution in [0.3, 0.4) is 0 Å². The minimum Gasteiger partial charge on any atom is -0.382 e. The van der Waals surface area contributed by atoms with E-state index in [4.69, 9.17) is 9.47 Å². The zero-order valence-corrected chi connectivity index (χ0v) is 18.5. The van der Waals surface area contributed by atoms with Crippen molar-refractivity contribution < 1.29 is 9.47 Å². The van der Waals surface area contributed by atoms with Crippen LogP contribution in [0, 0.1) is 0 Å². The Bertz CT molecular complexity index is 537. The van der Waals surface area contributed by atoms with Crippen molar-refractivity contribution in [2.75, 3.05) is 33.4 Å². The van der Waals surface area contributed by atoms with E-state index in [9.17, 15) is 0 Å². The van der Waals surface area contributed by atoms with Gasteiger partial charge < -0.3 is 20.1 Å². The van der Waals surface area contributed by atoms with Gasteiger partial charge in [-0.05, 0) is 33.1 Å². The van der Waals surface area contributed by atoms with Crippen molar-refractivity contribution >= 4 is 29.9 Å². The van der Waals surface area contributed by atoms with Gasteiger partial charge >= 0.3 is 0 Å². The van der Waals surface area contributed by atoms with E-state index in [0.717, 1.165) is 76.1 Å². The SMILES string of the molecule is CCNC(=NCCCCOCC)NC1CCc2nc(COC)nn2C1.I. The summed E-state index contributed by atoms with van der Waals surface area (Å²) < 4.78 is 12.5. The molecule has 0 radical (unpaired) electrons. The molecular formula is C17H33IN6O2. The molecule has 0 aliphatic carbocycles. The Morgan fingerprint density at radius 2 is 2.19 bits per heavy atom.